The molecule has 0 aromatic heterocycles. The highest BCUT2D eigenvalue weighted by atomic mass is 19.1. The molecule has 0 aliphatic carbocycles. The largest absolute Gasteiger partial charge is 0.327 e. The van der Waals surface area contributed by atoms with Crippen molar-refractivity contribution in [2.75, 3.05) is 6.54 Å². The smallest absolute Gasteiger partial charge is 0.132 e. The molecule has 90 valence electrons. The molecule has 0 saturated heterocycles. The predicted octanol–water partition coefficient (Wildman–Crippen LogP) is 3.08. The van der Waals surface area contributed by atoms with Crippen molar-refractivity contribution in [3.8, 4) is 0 Å². The van der Waals surface area contributed by atoms with E-state index in [-0.39, 0.29) is 18.8 Å². The molecule has 0 heterocycles. The lowest BCUT2D eigenvalue weighted by Gasteiger charge is -2.37. The van der Waals surface area contributed by atoms with Gasteiger partial charge in [-0.1, -0.05) is 39.0 Å². The van der Waals surface area contributed by atoms with E-state index in [0.717, 1.165) is 0 Å². The molecule has 1 unspecified atom stereocenters. The van der Waals surface area contributed by atoms with Crippen LogP contribution < -0.4 is 5.73 Å². The van der Waals surface area contributed by atoms with Crippen LogP contribution >= 0.6 is 0 Å². The lowest BCUT2D eigenvalue weighted by atomic mass is 9.74. The van der Waals surface area contributed by atoms with E-state index in [1.54, 1.807) is 39.0 Å². The molecule has 0 bridgehead atoms. The fourth-order valence-electron chi connectivity index (χ4n) is 1.59. The Morgan fingerprint density at radius 2 is 1.75 bits per heavy atom. The molecule has 0 aliphatic heterocycles. The van der Waals surface area contributed by atoms with E-state index in [2.05, 4.69) is 0 Å². The molecule has 0 amide bonds. The molecule has 0 radical (unpaired) electrons. The van der Waals surface area contributed by atoms with E-state index in [9.17, 15) is 8.78 Å². The summed E-state index contributed by atoms with van der Waals surface area (Å²) in [5.41, 5.74) is 3.68. The number of nitrogens with two attached hydrogens (primary N) is 1. The molecule has 0 aliphatic rings. The highest BCUT2D eigenvalue weighted by Crippen LogP contribution is 2.36. The van der Waals surface area contributed by atoms with Gasteiger partial charge in [0.25, 0.3) is 0 Å². The highest BCUT2D eigenvalue weighted by Gasteiger charge is 2.41. The summed E-state index contributed by atoms with van der Waals surface area (Å²) in [5.74, 6) is -0.373. The molecule has 0 saturated carbocycles. The van der Waals surface area contributed by atoms with Gasteiger partial charge in [-0.05, 0) is 17.0 Å². The first-order valence-electron chi connectivity index (χ1n) is 5.42. The van der Waals surface area contributed by atoms with Crippen LogP contribution in [-0.2, 0) is 6.42 Å². The van der Waals surface area contributed by atoms with Gasteiger partial charge in [0, 0.05) is 13.0 Å². The van der Waals surface area contributed by atoms with Gasteiger partial charge in [-0.15, -0.1) is 0 Å². The van der Waals surface area contributed by atoms with E-state index >= 15 is 0 Å². The maximum absolute atomic E-state index is 14.6. The van der Waals surface area contributed by atoms with Gasteiger partial charge in [-0.25, -0.2) is 8.78 Å². The van der Waals surface area contributed by atoms with Gasteiger partial charge in [-0.2, -0.15) is 0 Å². The van der Waals surface area contributed by atoms with Crippen LogP contribution in [0.2, 0.25) is 0 Å². The Hall–Kier alpha value is -0.960. The van der Waals surface area contributed by atoms with Crippen LogP contribution in [0, 0.1) is 11.2 Å². The summed E-state index contributed by atoms with van der Waals surface area (Å²) < 4.78 is 28.0. The predicted molar refractivity (Wildman–Crippen MR) is 62.5 cm³/mol. The SMILES string of the molecule is CC(C)(C)C(F)(CN)Cc1ccccc1F. The average Bonchev–Trinajstić information content (AvgIpc) is 2.19. The zero-order valence-corrected chi connectivity index (χ0v) is 10.1. The van der Waals surface area contributed by atoms with E-state index < -0.39 is 11.1 Å². The van der Waals surface area contributed by atoms with Crippen LogP contribution in [0.15, 0.2) is 24.3 Å². The number of hydrogen-bond donors (Lipinski definition) is 1. The van der Waals surface area contributed by atoms with Crippen LogP contribution in [0.1, 0.15) is 26.3 Å². The number of rotatable bonds is 3. The van der Waals surface area contributed by atoms with Crippen molar-refractivity contribution in [1.29, 1.82) is 0 Å². The zero-order chi connectivity index (χ0) is 12.4. The topological polar surface area (TPSA) is 26.0 Å². The Morgan fingerprint density at radius 3 is 2.19 bits per heavy atom. The second-order valence-electron chi connectivity index (χ2n) is 5.19. The van der Waals surface area contributed by atoms with Crippen molar-refractivity contribution in [3.63, 3.8) is 0 Å². The molecule has 2 N–H and O–H groups in total. The monoisotopic (exact) mass is 227 g/mol. The summed E-state index contributed by atoms with van der Waals surface area (Å²) in [6.07, 6.45) is 0.0136. The van der Waals surface area contributed by atoms with E-state index in [0.29, 0.717) is 5.56 Å². The normalized spacial score (nSPS) is 15.9. The van der Waals surface area contributed by atoms with Gasteiger partial charge >= 0.3 is 0 Å². The van der Waals surface area contributed by atoms with Gasteiger partial charge < -0.3 is 5.73 Å². The summed E-state index contributed by atoms with van der Waals surface area (Å²) >= 11 is 0. The van der Waals surface area contributed by atoms with Crippen molar-refractivity contribution >= 4 is 0 Å². The number of benzene rings is 1. The van der Waals surface area contributed by atoms with Gasteiger partial charge in [-0.3, -0.25) is 0 Å². The highest BCUT2D eigenvalue weighted by molar-refractivity contribution is 5.20. The van der Waals surface area contributed by atoms with E-state index in [1.807, 2.05) is 0 Å². The molecular weight excluding hydrogens is 208 g/mol. The lowest BCUT2D eigenvalue weighted by Crippen LogP contribution is -2.47. The van der Waals surface area contributed by atoms with Crippen LogP contribution in [-0.4, -0.2) is 12.2 Å². The molecule has 0 fully saturated rings. The Balaban J connectivity index is 2.99. The minimum absolute atomic E-state index is 0.0136. The van der Waals surface area contributed by atoms with Gasteiger partial charge in [0.15, 0.2) is 0 Å². The minimum atomic E-state index is -1.59. The van der Waals surface area contributed by atoms with Crippen LogP contribution in [0.3, 0.4) is 0 Å². The Morgan fingerprint density at radius 1 is 1.19 bits per heavy atom. The first-order chi connectivity index (χ1) is 7.30. The summed E-state index contributed by atoms with van der Waals surface area (Å²) in [6, 6.07) is 6.25. The van der Waals surface area contributed by atoms with Crippen molar-refractivity contribution in [2.24, 2.45) is 11.1 Å². The molecule has 0 spiro atoms. The van der Waals surface area contributed by atoms with Gasteiger partial charge in [0.1, 0.15) is 11.5 Å². The Labute approximate surface area is 95.7 Å². The van der Waals surface area contributed by atoms with Crippen molar-refractivity contribution < 1.29 is 8.78 Å². The number of alkyl halides is 1. The van der Waals surface area contributed by atoms with Crippen LogP contribution in [0.4, 0.5) is 8.78 Å². The van der Waals surface area contributed by atoms with Crippen molar-refractivity contribution in [1.82, 2.24) is 0 Å². The Bertz CT molecular complexity index is 357. The molecule has 1 rings (SSSR count). The summed E-state index contributed by atoms with van der Waals surface area (Å²) in [4.78, 5) is 0. The average molecular weight is 227 g/mol. The number of halogens is 2. The van der Waals surface area contributed by atoms with E-state index in [1.165, 1.54) is 6.07 Å². The molecule has 1 nitrogen and oxygen atoms in total. The zero-order valence-electron chi connectivity index (χ0n) is 10.1. The fraction of sp³-hybridized carbons (Fsp3) is 0.538. The first kappa shape index (κ1) is 13.1. The van der Waals surface area contributed by atoms with Crippen molar-refractivity contribution in [3.05, 3.63) is 35.6 Å². The Kier molecular flexibility index (Phi) is 3.68. The molecule has 3 heteroatoms. The second kappa shape index (κ2) is 4.50. The van der Waals surface area contributed by atoms with Crippen LogP contribution in [0.5, 0.6) is 0 Å². The quantitative estimate of drug-likeness (QED) is 0.843. The standard InChI is InChI=1S/C13H19F2N/c1-12(2,3)13(15,9-16)8-10-6-4-5-7-11(10)14/h4-7H,8-9,16H2,1-3H3. The maximum Gasteiger partial charge on any atom is 0.132 e. The second-order valence-corrected chi connectivity index (χ2v) is 5.19. The summed E-state index contributed by atoms with van der Waals surface area (Å²) in [6.45, 7) is 5.23. The first-order valence-corrected chi connectivity index (χ1v) is 5.42. The fourth-order valence-corrected chi connectivity index (χ4v) is 1.59. The molecule has 1 aromatic carbocycles. The summed E-state index contributed by atoms with van der Waals surface area (Å²) in [7, 11) is 0. The molecule has 1 aromatic rings. The third-order valence-electron chi connectivity index (χ3n) is 3.10. The lowest BCUT2D eigenvalue weighted by molar-refractivity contribution is 0.0374. The molecule has 16 heavy (non-hydrogen) atoms. The van der Waals surface area contributed by atoms with Crippen molar-refractivity contribution in [2.45, 2.75) is 32.9 Å². The van der Waals surface area contributed by atoms with Crippen LogP contribution in [0.25, 0.3) is 0 Å². The molecular formula is C13H19F2N. The third kappa shape index (κ3) is 2.59. The van der Waals surface area contributed by atoms with Gasteiger partial charge in [0.05, 0.1) is 0 Å². The summed E-state index contributed by atoms with van der Waals surface area (Å²) in [5, 5.41) is 0. The maximum atomic E-state index is 14.6. The van der Waals surface area contributed by atoms with E-state index in [4.69, 9.17) is 5.73 Å². The molecule has 1 atom stereocenters. The van der Waals surface area contributed by atoms with Gasteiger partial charge in [0.2, 0.25) is 0 Å². The number of hydrogen-bond acceptors (Lipinski definition) is 1. The third-order valence-corrected chi connectivity index (χ3v) is 3.10. The minimum Gasteiger partial charge on any atom is -0.327 e.